The maximum absolute atomic E-state index is 5.72. The number of hydrogen-bond acceptors (Lipinski definition) is 1. The second kappa shape index (κ2) is 4.72. The summed E-state index contributed by atoms with van der Waals surface area (Å²) in [6.07, 6.45) is 2.97. The predicted molar refractivity (Wildman–Crippen MR) is 68.8 cm³/mol. The summed E-state index contributed by atoms with van der Waals surface area (Å²) in [6, 6.07) is 21.1. The van der Waals surface area contributed by atoms with Gasteiger partial charge in [-0.15, -0.1) is 0 Å². The minimum absolute atomic E-state index is 0.333. The van der Waals surface area contributed by atoms with Gasteiger partial charge >= 0.3 is 0 Å². The molecule has 1 aliphatic rings. The van der Waals surface area contributed by atoms with E-state index in [1.807, 2.05) is 6.07 Å². The van der Waals surface area contributed by atoms with Crippen LogP contribution in [0.3, 0.4) is 0 Å². The standard InChI is InChI=1S/C16H16O/c1-3-7-13(8-4-1)11-12-15-16(17-15)14-9-5-2-6-10-14/h1-10,15-16H,11-12H2/t15-,16-/m1/s1. The normalized spacial score (nSPS) is 22.4. The highest BCUT2D eigenvalue weighted by Crippen LogP contribution is 2.41. The first-order valence-corrected chi connectivity index (χ1v) is 6.18. The van der Waals surface area contributed by atoms with E-state index in [-0.39, 0.29) is 0 Å². The summed E-state index contributed by atoms with van der Waals surface area (Å²) < 4.78 is 5.72. The summed E-state index contributed by atoms with van der Waals surface area (Å²) in [5.41, 5.74) is 2.71. The van der Waals surface area contributed by atoms with Gasteiger partial charge in [0, 0.05) is 0 Å². The van der Waals surface area contributed by atoms with Crippen LogP contribution in [0.4, 0.5) is 0 Å². The van der Waals surface area contributed by atoms with E-state index in [1.54, 1.807) is 0 Å². The Kier molecular flexibility index (Phi) is 2.93. The molecular formula is C16H16O. The molecule has 1 heteroatoms. The fourth-order valence-electron chi connectivity index (χ4n) is 2.25. The highest BCUT2D eigenvalue weighted by atomic mass is 16.6. The van der Waals surface area contributed by atoms with Crippen LogP contribution in [0.15, 0.2) is 60.7 Å². The van der Waals surface area contributed by atoms with Gasteiger partial charge in [0.2, 0.25) is 0 Å². The van der Waals surface area contributed by atoms with Crippen molar-refractivity contribution in [1.29, 1.82) is 0 Å². The molecule has 0 amide bonds. The maximum Gasteiger partial charge on any atom is 0.109 e. The fraction of sp³-hybridized carbons (Fsp3) is 0.250. The van der Waals surface area contributed by atoms with Crippen molar-refractivity contribution in [2.24, 2.45) is 0 Å². The van der Waals surface area contributed by atoms with Gasteiger partial charge in [-0.05, 0) is 24.0 Å². The smallest absolute Gasteiger partial charge is 0.109 e. The largest absolute Gasteiger partial charge is 0.364 e. The molecule has 0 spiro atoms. The van der Waals surface area contributed by atoms with Crippen molar-refractivity contribution in [1.82, 2.24) is 0 Å². The van der Waals surface area contributed by atoms with Crippen molar-refractivity contribution in [2.75, 3.05) is 0 Å². The van der Waals surface area contributed by atoms with E-state index in [2.05, 4.69) is 54.6 Å². The molecule has 0 aromatic heterocycles. The van der Waals surface area contributed by atoms with Crippen LogP contribution in [0.2, 0.25) is 0 Å². The van der Waals surface area contributed by atoms with E-state index < -0.39 is 0 Å². The van der Waals surface area contributed by atoms with E-state index in [0.717, 1.165) is 12.8 Å². The molecule has 0 saturated carbocycles. The van der Waals surface area contributed by atoms with Gasteiger partial charge in [0.1, 0.15) is 6.10 Å². The predicted octanol–water partition coefficient (Wildman–Crippen LogP) is 3.76. The van der Waals surface area contributed by atoms with Crippen LogP contribution in [0.1, 0.15) is 23.7 Å². The number of epoxide rings is 1. The number of rotatable bonds is 4. The average molecular weight is 224 g/mol. The third-order valence-corrected chi connectivity index (χ3v) is 3.27. The second-order valence-electron chi connectivity index (χ2n) is 4.53. The van der Waals surface area contributed by atoms with Crippen LogP contribution in [0.5, 0.6) is 0 Å². The number of hydrogen-bond donors (Lipinski definition) is 0. The minimum atomic E-state index is 0.333. The summed E-state index contributed by atoms with van der Waals surface area (Å²) in [4.78, 5) is 0. The first-order chi connectivity index (χ1) is 8.43. The summed E-state index contributed by atoms with van der Waals surface area (Å²) in [5, 5.41) is 0. The van der Waals surface area contributed by atoms with Gasteiger partial charge in [-0.25, -0.2) is 0 Å². The fourth-order valence-corrected chi connectivity index (χ4v) is 2.25. The Labute approximate surface area is 102 Å². The molecule has 86 valence electrons. The molecule has 1 saturated heterocycles. The highest BCUT2D eigenvalue weighted by molar-refractivity contribution is 5.23. The van der Waals surface area contributed by atoms with Crippen LogP contribution >= 0.6 is 0 Å². The van der Waals surface area contributed by atoms with Crippen molar-refractivity contribution in [3.8, 4) is 0 Å². The molecule has 1 heterocycles. The van der Waals surface area contributed by atoms with E-state index in [1.165, 1.54) is 11.1 Å². The Hall–Kier alpha value is -1.60. The maximum atomic E-state index is 5.72. The Morgan fingerprint density at radius 1 is 0.824 bits per heavy atom. The third-order valence-electron chi connectivity index (χ3n) is 3.27. The Morgan fingerprint density at radius 3 is 2.18 bits per heavy atom. The quantitative estimate of drug-likeness (QED) is 0.720. The lowest BCUT2D eigenvalue weighted by atomic mass is 10.0. The first kappa shape index (κ1) is 10.5. The van der Waals surface area contributed by atoms with Gasteiger partial charge in [-0.3, -0.25) is 0 Å². The molecule has 17 heavy (non-hydrogen) atoms. The van der Waals surface area contributed by atoms with Crippen molar-refractivity contribution < 1.29 is 4.74 Å². The van der Waals surface area contributed by atoms with Gasteiger partial charge in [-0.2, -0.15) is 0 Å². The van der Waals surface area contributed by atoms with Crippen LogP contribution in [0.25, 0.3) is 0 Å². The highest BCUT2D eigenvalue weighted by Gasteiger charge is 2.39. The summed E-state index contributed by atoms with van der Waals surface area (Å²) in [6.45, 7) is 0. The van der Waals surface area contributed by atoms with Gasteiger partial charge in [0.25, 0.3) is 0 Å². The molecule has 2 aromatic carbocycles. The van der Waals surface area contributed by atoms with Crippen molar-refractivity contribution in [3.05, 3.63) is 71.8 Å². The molecule has 0 N–H and O–H groups in total. The van der Waals surface area contributed by atoms with E-state index in [0.29, 0.717) is 12.2 Å². The Bertz CT molecular complexity index is 463. The van der Waals surface area contributed by atoms with Crippen LogP contribution < -0.4 is 0 Å². The zero-order valence-corrected chi connectivity index (χ0v) is 9.75. The lowest BCUT2D eigenvalue weighted by molar-refractivity contribution is 0.366. The topological polar surface area (TPSA) is 12.5 Å². The molecular weight excluding hydrogens is 208 g/mol. The second-order valence-corrected chi connectivity index (χ2v) is 4.53. The SMILES string of the molecule is c1ccc(CC[C@H]2O[C@@H]2c2ccccc2)cc1. The molecule has 1 nitrogen and oxygen atoms in total. The lowest BCUT2D eigenvalue weighted by Crippen LogP contribution is -1.93. The van der Waals surface area contributed by atoms with Crippen molar-refractivity contribution in [3.63, 3.8) is 0 Å². The molecule has 0 aliphatic carbocycles. The molecule has 2 aromatic rings. The lowest BCUT2D eigenvalue weighted by Gasteiger charge is -1.98. The zero-order chi connectivity index (χ0) is 11.5. The average Bonchev–Trinajstić information content (AvgIpc) is 3.18. The van der Waals surface area contributed by atoms with E-state index in [9.17, 15) is 0 Å². The van der Waals surface area contributed by atoms with E-state index >= 15 is 0 Å². The van der Waals surface area contributed by atoms with Crippen LogP contribution in [0, 0.1) is 0 Å². The van der Waals surface area contributed by atoms with E-state index in [4.69, 9.17) is 4.74 Å². The molecule has 0 radical (unpaired) electrons. The van der Waals surface area contributed by atoms with Crippen LogP contribution in [-0.2, 0) is 11.2 Å². The van der Waals surface area contributed by atoms with Crippen molar-refractivity contribution in [2.45, 2.75) is 25.0 Å². The zero-order valence-electron chi connectivity index (χ0n) is 9.75. The molecule has 3 rings (SSSR count). The van der Waals surface area contributed by atoms with Gasteiger partial charge < -0.3 is 4.74 Å². The minimum Gasteiger partial charge on any atom is -0.364 e. The number of aryl methyl sites for hydroxylation is 1. The molecule has 0 bridgehead atoms. The molecule has 2 atom stereocenters. The van der Waals surface area contributed by atoms with Gasteiger partial charge in [0.15, 0.2) is 0 Å². The third kappa shape index (κ3) is 2.56. The summed E-state index contributed by atoms with van der Waals surface area (Å²) in [7, 11) is 0. The molecule has 1 fully saturated rings. The monoisotopic (exact) mass is 224 g/mol. The Balaban J connectivity index is 1.53. The molecule has 1 aliphatic heterocycles. The first-order valence-electron chi connectivity index (χ1n) is 6.18. The molecule has 0 unspecified atom stereocenters. The van der Waals surface area contributed by atoms with Gasteiger partial charge in [0.05, 0.1) is 6.10 Å². The number of ether oxygens (including phenoxy) is 1. The Morgan fingerprint density at radius 2 is 1.47 bits per heavy atom. The summed E-state index contributed by atoms with van der Waals surface area (Å²) in [5.74, 6) is 0. The van der Waals surface area contributed by atoms with Crippen molar-refractivity contribution >= 4 is 0 Å². The summed E-state index contributed by atoms with van der Waals surface area (Å²) >= 11 is 0. The van der Waals surface area contributed by atoms with Gasteiger partial charge in [-0.1, -0.05) is 60.7 Å². The van der Waals surface area contributed by atoms with Crippen LogP contribution in [-0.4, -0.2) is 6.10 Å². The number of benzene rings is 2.